The summed E-state index contributed by atoms with van der Waals surface area (Å²) in [4.78, 5) is 20.7. The molecule has 0 saturated heterocycles. The normalized spacial score (nSPS) is 12.3. The first-order valence-electron chi connectivity index (χ1n) is 8.79. The van der Waals surface area contributed by atoms with E-state index in [-0.39, 0.29) is 23.4 Å². The highest BCUT2D eigenvalue weighted by Gasteiger charge is 2.24. The molecule has 142 valence electrons. The number of rotatable bonds is 7. The molecule has 0 amide bonds. The predicted octanol–water partition coefficient (Wildman–Crippen LogP) is 3.81. The molecule has 2 aromatic heterocycles. The summed E-state index contributed by atoms with van der Waals surface area (Å²) in [5, 5.41) is 7.72. The van der Waals surface area contributed by atoms with E-state index in [1.807, 2.05) is 13.8 Å². The number of benzene rings is 1. The fourth-order valence-electron chi connectivity index (χ4n) is 2.79. The summed E-state index contributed by atoms with van der Waals surface area (Å²) in [7, 11) is 0. The molecule has 0 spiro atoms. The Morgan fingerprint density at radius 1 is 1.26 bits per heavy atom. The van der Waals surface area contributed by atoms with Crippen LogP contribution in [0.3, 0.4) is 0 Å². The van der Waals surface area contributed by atoms with E-state index in [0.29, 0.717) is 35.5 Å². The molecule has 0 aliphatic rings. The first-order chi connectivity index (χ1) is 13.0. The summed E-state index contributed by atoms with van der Waals surface area (Å²) in [6.07, 6.45) is 1.91. The third kappa shape index (κ3) is 4.21. The molecule has 0 bridgehead atoms. The van der Waals surface area contributed by atoms with Gasteiger partial charge in [0.05, 0.1) is 6.61 Å². The Morgan fingerprint density at radius 2 is 2.00 bits per heavy atom. The van der Waals surface area contributed by atoms with E-state index in [1.165, 1.54) is 18.5 Å². The second kappa shape index (κ2) is 8.11. The standard InChI is InChI=1S/C19H21FN4O3/c1-4-26-19(25)14(9-11(2)3)23-17-15-16(12-5-7-13(20)8-6-12)24-27-18(15)22-10-21-17/h5-8,10-11,14H,4,9H2,1-3H3,(H,21,22,23)/t14-/m0/s1. The van der Waals surface area contributed by atoms with Crippen molar-refractivity contribution in [1.29, 1.82) is 0 Å². The average Bonchev–Trinajstić information content (AvgIpc) is 3.07. The number of hydrogen-bond donors (Lipinski definition) is 1. The SMILES string of the molecule is CCOC(=O)[C@H](CC(C)C)Nc1ncnc2onc(-c3ccc(F)cc3)c12. The number of nitrogens with zero attached hydrogens (tertiary/aromatic N) is 3. The second-order valence-electron chi connectivity index (χ2n) is 6.52. The van der Waals surface area contributed by atoms with Gasteiger partial charge in [0.15, 0.2) is 0 Å². The lowest BCUT2D eigenvalue weighted by molar-refractivity contribution is -0.144. The molecular weight excluding hydrogens is 351 g/mol. The van der Waals surface area contributed by atoms with Crippen LogP contribution in [0.15, 0.2) is 35.1 Å². The van der Waals surface area contributed by atoms with Gasteiger partial charge in [-0.2, -0.15) is 4.98 Å². The highest BCUT2D eigenvalue weighted by molar-refractivity contribution is 5.98. The number of aromatic nitrogens is 3. The fraction of sp³-hybridized carbons (Fsp3) is 0.368. The highest BCUT2D eigenvalue weighted by Crippen LogP contribution is 2.32. The Labute approximate surface area is 155 Å². The lowest BCUT2D eigenvalue weighted by Crippen LogP contribution is -2.33. The van der Waals surface area contributed by atoms with Crippen LogP contribution in [0.25, 0.3) is 22.4 Å². The molecule has 1 aromatic carbocycles. The molecule has 0 aliphatic heterocycles. The minimum atomic E-state index is -0.570. The lowest BCUT2D eigenvalue weighted by Gasteiger charge is -2.19. The maximum atomic E-state index is 13.2. The first-order valence-corrected chi connectivity index (χ1v) is 8.79. The third-order valence-corrected chi connectivity index (χ3v) is 3.98. The number of hydrogen-bond acceptors (Lipinski definition) is 7. The lowest BCUT2D eigenvalue weighted by atomic mass is 10.0. The molecule has 0 unspecified atom stereocenters. The van der Waals surface area contributed by atoms with Gasteiger partial charge in [-0.1, -0.05) is 19.0 Å². The Hall–Kier alpha value is -3.03. The molecule has 0 radical (unpaired) electrons. The van der Waals surface area contributed by atoms with Gasteiger partial charge in [0.25, 0.3) is 5.71 Å². The summed E-state index contributed by atoms with van der Waals surface area (Å²) in [5.41, 5.74) is 1.41. The van der Waals surface area contributed by atoms with Crippen molar-refractivity contribution >= 4 is 22.9 Å². The van der Waals surface area contributed by atoms with Crippen LogP contribution in [0.2, 0.25) is 0 Å². The van der Waals surface area contributed by atoms with Crippen LogP contribution in [0.4, 0.5) is 10.2 Å². The Kier molecular flexibility index (Phi) is 5.63. The molecule has 1 atom stereocenters. The smallest absolute Gasteiger partial charge is 0.328 e. The van der Waals surface area contributed by atoms with Gasteiger partial charge in [-0.25, -0.2) is 14.2 Å². The molecule has 0 fully saturated rings. The van der Waals surface area contributed by atoms with Crippen LogP contribution in [0.5, 0.6) is 0 Å². The average molecular weight is 372 g/mol. The number of nitrogens with one attached hydrogen (secondary N) is 1. The van der Waals surface area contributed by atoms with Gasteiger partial charge >= 0.3 is 5.97 Å². The summed E-state index contributed by atoms with van der Waals surface area (Å²) in [5.74, 6) is -0.0132. The number of esters is 1. The van der Waals surface area contributed by atoms with Gasteiger partial charge in [-0.15, -0.1) is 0 Å². The van der Waals surface area contributed by atoms with Gasteiger partial charge in [-0.3, -0.25) is 0 Å². The maximum absolute atomic E-state index is 13.2. The molecule has 0 aliphatic carbocycles. The fourth-order valence-corrected chi connectivity index (χ4v) is 2.79. The Bertz CT molecular complexity index is 924. The van der Waals surface area contributed by atoms with E-state index < -0.39 is 6.04 Å². The summed E-state index contributed by atoms with van der Waals surface area (Å²) in [6, 6.07) is 5.31. The minimum Gasteiger partial charge on any atom is -0.464 e. The second-order valence-corrected chi connectivity index (χ2v) is 6.52. The van der Waals surface area contributed by atoms with E-state index in [0.717, 1.165) is 0 Å². The number of carbonyl (C=O) groups excluding carboxylic acids is 1. The summed E-state index contributed by atoms with van der Waals surface area (Å²) < 4.78 is 23.7. The van der Waals surface area contributed by atoms with Crippen molar-refractivity contribution in [2.75, 3.05) is 11.9 Å². The van der Waals surface area contributed by atoms with Crippen LogP contribution >= 0.6 is 0 Å². The van der Waals surface area contributed by atoms with Crippen molar-refractivity contribution in [1.82, 2.24) is 15.1 Å². The van der Waals surface area contributed by atoms with Crippen molar-refractivity contribution in [3.63, 3.8) is 0 Å². The molecule has 2 heterocycles. The molecular formula is C19H21FN4O3. The molecule has 7 nitrogen and oxygen atoms in total. The van der Waals surface area contributed by atoms with E-state index >= 15 is 0 Å². The number of ether oxygens (including phenoxy) is 1. The molecule has 3 rings (SSSR count). The van der Waals surface area contributed by atoms with Crippen LogP contribution in [-0.4, -0.2) is 33.7 Å². The Balaban J connectivity index is 2.01. The van der Waals surface area contributed by atoms with E-state index in [1.54, 1.807) is 19.1 Å². The summed E-state index contributed by atoms with van der Waals surface area (Å²) in [6.45, 7) is 6.10. The highest BCUT2D eigenvalue weighted by atomic mass is 19.1. The van der Waals surface area contributed by atoms with Crippen LogP contribution < -0.4 is 5.32 Å². The monoisotopic (exact) mass is 372 g/mol. The van der Waals surface area contributed by atoms with Crippen LogP contribution in [-0.2, 0) is 9.53 Å². The van der Waals surface area contributed by atoms with Crippen molar-refractivity contribution in [2.45, 2.75) is 33.2 Å². The van der Waals surface area contributed by atoms with Gasteiger partial charge in [-0.05, 0) is 43.5 Å². The number of fused-ring (bicyclic) bond motifs is 1. The molecule has 0 saturated carbocycles. The maximum Gasteiger partial charge on any atom is 0.328 e. The number of halogens is 1. The topological polar surface area (TPSA) is 90.1 Å². The van der Waals surface area contributed by atoms with Crippen molar-refractivity contribution in [2.24, 2.45) is 5.92 Å². The Morgan fingerprint density at radius 3 is 2.67 bits per heavy atom. The van der Waals surface area contributed by atoms with Gasteiger partial charge in [0.2, 0.25) is 0 Å². The zero-order chi connectivity index (χ0) is 19.4. The largest absolute Gasteiger partial charge is 0.464 e. The van der Waals surface area contributed by atoms with Gasteiger partial charge in [0, 0.05) is 5.56 Å². The quantitative estimate of drug-likeness (QED) is 0.631. The van der Waals surface area contributed by atoms with Crippen LogP contribution in [0, 0.1) is 11.7 Å². The first kappa shape index (κ1) is 18.8. The van der Waals surface area contributed by atoms with Crippen molar-refractivity contribution in [3.05, 3.63) is 36.4 Å². The zero-order valence-electron chi connectivity index (χ0n) is 15.4. The van der Waals surface area contributed by atoms with E-state index in [2.05, 4.69) is 20.4 Å². The molecule has 3 aromatic rings. The van der Waals surface area contributed by atoms with Crippen LogP contribution in [0.1, 0.15) is 27.2 Å². The molecule has 27 heavy (non-hydrogen) atoms. The van der Waals surface area contributed by atoms with Crippen molar-refractivity contribution < 1.29 is 18.4 Å². The minimum absolute atomic E-state index is 0.267. The predicted molar refractivity (Wildman–Crippen MR) is 98.5 cm³/mol. The van der Waals surface area contributed by atoms with Gasteiger partial charge in [0.1, 0.15) is 35.1 Å². The number of anilines is 1. The molecule has 8 heteroatoms. The zero-order valence-corrected chi connectivity index (χ0v) is 15.4. The van der Waals surface area contributed by atoms with Gasteiger partial charge < -0.3 is 14.6 Å². The van der Waals surface area contributed by atoms with E-state index in [4.69, 9.17) is 9.26 Å². The third-order valence-electron chi connectivity index (χ3n) is 3.98. The van der Waals surface area contributed by atoms with E-state index in [9.17, 15) is 9.18 Å². The number of carbonyl (C=O) groups is 1. The van der Waals surface area contributed by atoms with Crippen molar-refractivity contribution in [3.8, 4) is 11.3 Å². The molecule has 1 N–H and O–H groups in total. The summed E-state index contributed by atoms with van der Waals surface area (Å²) >= 11 is 0.